The van der Waals surface area contributed by atoms with Gasteiger partial charge in [0.15, 0.2) is 5.65 Å². The SMILES string of the molecule is FC1(F)CNCCC1CNc1cc(NCc2ccc(-c3ccccn3)cc2)n2ncc(C3CC3)c2n1. The van der Waals surface area contributed by atoms with Gasteiger partial charge in [0.1, 0.15) is 11.6 Å². The van der Waals surface area contributed by atoms with Crippen molar-refractivity contribution >= 4 is 17.3 Å². The first-order valence-corrected chi connectivity index (χ1v) is 12.5. The van der Waals surface area contributed by atoms with Crippen molar-refractivity contribution in [2.24, 2.45) is 5.92 Å². The van der Waals surface area contributed by atoms with Crippen molar-refractivity contribution in [3.63, 3.8) is 0 Å². The van der Waals surface area contributed by atoms with Gasteiger partial charge in [-0.1, -0.05) is 30.3 Å². The molecule has 1 atom stereocenters. The second-order valence-electron chi connectivity index (χ2n) is 9.71. The molecule has 0 bridgehead atoms. The van der Waals surface area contributed by atoms with Gasteiger partial charge in [0.25, 0.3) is 5.92 Å². The summed E-state index contributed by atoms with van der Waals surface area (Å²) in [6.07, 6.45) is 6.37. The first kappa shape index (κ1) is 22.8. The van der Waals surface area contributed by atoms with Gasteiger partial charge >= 0.3 is 0 Å². The van der Waals surface area contributed by atoms with E-state index in [0.717, 1.165) is 46.7 Å². The monoisotopic (exact) mass is 489 g/mol. The Morgan fingerprint density at radius 3 is 2.67 bits per heavy atom. The van der Waals surface area contributed by atoms with Crippen LogP contribution in [0, 0.1) is 5.92 Å². The summed E-state index contributed by atoms with van der Waals surface area (Å²) in [5.74, 6) is -1.61. The first-order valence-electron chi connectivity index (χ1n) is 12.5. The lowest BCUT2D eigenvalue weighted by molar-refractivity contribution is -0.0678. The molecule has 4 aromatic rings. The van der Waals surface area contributed by atoms with Crippen LogP contribution in [0.2, 0.25) is 0 Å². The molecule has 4 heterocycles. The fourth-order valence-electron chi connectivity index (χ4n) is 4.76. The molecule has 9 heteroatoms. The molecule has 3 N–H and O–H groups in total. The topological polar surface area (TPSA) is 79.2 Å². The van der Waals surface area contributed by atoms with E-state index in [0.29, 0.717) is 31.2 Å². The summed E-state index contributed by atoms with van der Waals surface area (Å²) in [4.78, 5) is 9.18. The van der Waals surface area contributed by atoms with Crippen LogP contribution in [0.4, 0.5) is 20.4 Å². The van der Waals surface area contributed by atoms with Crippen LogP contribution in [-0.2, 0) is 6.54 Å². The van der Waals surface area contributed by atoms with E-state index in [-0.39, 0.29) is 13.1 Å². The van der Waals surface area contributed by atoms with Crippen LogP contribution in [0.3, 0.4) is 0 Å². The number of nitrogens with zero attached hydrogens (tertiary/aromatic N) is 4. The number of alkyl halides is 2. The van der Waals surface area contributed by atoms with Gasteiger partial charge in [0.2, 0.25) is 0 Å². The third-order valence-corrected chi connectivity index (χ3v) is 7.06. The minimum atomic E-state index is -2.73. The predicted octanol–water partition coefficient (Wildman–Crippen LogP) is 4.94. The van der Waals surface area contributed by atoms with Crippen LogP contribution in [0.15, 0.2) is 60.9 Å². The molecule has 0 radical (unpaired) electrons. The quantitative estimate of drug-likeness (QED) is 0.326. The Labute approximate surface area is 208 Å². The lowest BCUT2D eigenvalue weighted by Gasteiger charge is -2.32. The third kappa shape index (κ3) is 4.75. The maximum atomic E-state index is 14.3. The molecule has 1 saturated heterocycles. The number of rotatable bonds is 8. The number of hydrogen-bond acceptors (Lipinski definition) is 6. The maximum Gasteiger partial charge on any atom is 0.264 e. The molecular formula is C27H29F2N7. The zero-order chi connectivity index (χ0) is 24.5. The molecule has 0 amide bonds. The van der Waals surface area contributed by atoms with E-state index in [1.165, 1.54) is 0 Å². The molecular weight excluding hydrogens is 460 g/mol. The van der Waals surface area contributed by atoms with Crippen LogP contribution < -0.4 is 16.0 Å². The number of fused-ring (bicyclic) bond motifs is 1. The van der Waals surface area contributed by atoms with Crippen LogP contribution in [-0.4, -0.2) is 45.1 Å². The van der Waals surface area contributed by atoms with Gasteiger partial charge in [0.05, 0.1) is 18.4 Å². The zero-order valence-corrected chi connectivity index (χ0v) is 19.9. The number of aromatic nitrogens is 4. The van der Waals surface area contributed by atoms with Crippen molar-refractivity contribution < 1.29 is 8.78 Å². The number of halogens is 2. The van der Waals surface area contributed by atoms with Gasteiger partial charge in [-0.25, -0.2) is 13.8 Å². The number of anilines is 2. The van der Waals surface area contributed by atoms with Gasteiger partial charge < -0.3 is 16.0 Å². The highest BCUT2D eigenvalue weighted by Crippen LogP contribution is 2.42. The Bertz CT molecular complexity index is 1330. The van der Waals surface area contributed by atoms with E-state index in [1.807, 2.05) is 35.0 Å². The zero-order valence-electron chi connectivity index (χ0n) is 19.9. The Morgan fingerprint density at radius 2 is 1.92 bits per heavy atom. The Kier molecular flexibility index (Phi) is 6.00. The normalized spacial score (nSPS) is 19.3. The van der Waals surface area contributed by atoms with Crippen molar-refractivity contribution in [2.75, 3.05) is 30.3 Å². The average molecular weight is 490 g/mol. The van der Waals surface area contributed by atoms with E-state index in [9.17, 15) is 8.78 Å². The predicted molar refractivity (Wildman–Crippen MR) is 136 cm³/mol. The van der Waals surface area contributed by atoms with E-state index in [1.54, 1.807) is 6.20 Å². The van der Waals surface area contributed by atoms with Crippen molar-refractivity contribution in [1.82, 2.24) is 24.9 Å². The maximum absolute atomic E-state index is 14.3. The number of piperidine rings is 1. The Morgan fingerprint density at radius 1 is 1.06 bits per heavy atom. The fraction of sp³-hybridized carbons (Fsp3) is 0.370. The van der Waals surface area contributed by atoms with Crippen molar-refractivity contribution in [3.8, 4) is 11.3 Å². The second-order valence-corrected chi connectivity index (χ2v) is 9.71. The summed E-state index contributed by atoms with van der Waals surface area (Å²) >= 11 is 0. The van der Waals surface area contributed by atoms with Crippen molar-refractivity contribution in [3.05, 3.63) is 72.1 Å². The highest BCUT2D eigenvalue weighted by Gasteiger charge is 2.41. The van der Waals surface area contributed by atoms with E-state index in [2.05, 4.69) is 50.3 Å². The van der Waals surface area contributed by atoms with E-state index >= 15 is 0 Å². The summed E-state index contributed by atoms with van der Waals surface area (Å²) in [5, 5.41) is 14.0. The number of benzene rings is 1. The molecule has 186 valence electrons. The molecule has 1 unspecified atom stereocenters. The van der Waals surface area contributed by atoms with Crippen LogP contribution in [0.5, 0.6) is 0 Å². The van der Waals surface area contributed by atoms with Crippen molar-refractivity contribution in [1.29, 1.82) is 0 Å². The third-order valence-electron chi connectivity index (χ3n) is 7.06. The van der Waals surface area contributed by atoms with Crippen LogP contribution >= 0.6 is 0 Å². The van der Waals surface area contributed by atoms with Gasteiger partial charge in [-0.15, -0.1) is 0 Å². The molecule has 6 rings (SSSR count). The molecule has 1 saturated carbocycles. The molecule has 1 aromatic carbocycles. The van der Waals surface area contributed by atoms with Crippen LogP contribution in [0.25, 0.3) is 16.9 Å². The summed E-state index contributed by atoms with van der Waals surface area (Å²) < 4.78 is 30.5. The molecule has 1 aliphatic heterocycles. The lowest BCUT2D eigenvalue weighted by atomic mass is 9.94. The van der Waals surface area contributed by atoms with Crippen molar-refractivity contribution in [2.45, 2.75) is 37.6 Å². The number of pyridine rings is 1. The number of hydrogen-bond donors (Lipinski definition) is 3. The molecule has 36 heavy (non-hydrogen) atoms. The Hall–Kier alpha value is -3.59. The largest absolute Gasteiger partial charge is 0.369 e. The summed E-state index contributed by atoms with van der Waals surface area (Å²) in [6, 6.07) is 16.0. The fourth-order valence-corrected chi connectivity index (χ4v) is 4.76. The molecule has 0 spiro atoms. The van der Waals surface area contributed by atoms with Crippen LogP contribution in [0.1, 0.15) is 36.3 Å². The van der Waals surface area contributed by atoms with E-state index < -0.39 is 11.8 Å². The molecule has 7 nitrogen and oxygen atoms in total. The molecule has 2 fully saturated rings. The summed E-state index contributed by atoms with van der Waals surface area (Å²) in [7, 11) is 0. The lowest BCUT2D eigenvalue weighted by Crippen LogP contribution is -2.48. The molecule has 3 aromatic heterocycles. The first-order chi connectivity index (χ1) is 17.6. The minimum absolute atomic E-state index is 0.180. The smallest absolute Gasteiger partial charge is 0.264 e. The van der Waals surface area contributed by atoms with Gasteiger partial charge in [-0.05, 0) is 49.4 Å². The summed E-state index contributed by atoms with van der Waals surface area (Å²) in [5.41, 5.74) is 5.01. The van der Waals surface area contributed by atoms with Gasteiger partial charge in [0, 0.05) is 42.4 Å². The van der Waals surface area contributed by atoms with E-state index in [4.69, 9.17) is 4.98 Å². The Balaban J connectivity index is 1.22. The number of nitrogens with one attached hydrogen (secondary N) is 3. The molecule has 1 aliphatic carbocycles. The highest BCUT2D eigenvalue weighted by atomic mass is 19.3. The summed E-state index contributed by atoms with van der Waals surface area (Å²) in [6.45, 7) is 1.10. The second kappa shape index (κ2) is 9.46. The standard InChI is InChI=1S/C27H29F2N7/c28-27(29)17-30-12-10-21(27)15-32-24-13-25(36-26(35-24)22(16-34-36)19-8-9-19)33-14-18-4-6-20(7-5-18)23-3-1-2-11-31-23/h1-7,11,13,16,19,21,30,33H,8-10,12,14-15,17H2,(H,32,35). The molecule has 2 aliphatic rings. The minimum Gasteiger partial charge on any atom is -0.369 e. The van der Waals surface area contributed by atoms with Gasteiger partial charge in [-0.2, -0.15) is 9.61 Å². The van der Waals surface area contributed by atoms with Gasteiger partial charge in [-0.3, -0.25) is 4.98 Å². The average Bonchev–Trinajstić information content (AvgIpc) is 3.66. The highest BCUT2D eigenvalue weighted by molar-refractivity contribution is 5.62.